The molecule has 2 rings (SSSR count). The third kappa shape index (κ3) is 9.20. The molecule has 1 aromatic heterocycles. The molecule has 0 aliphatic carbocycles. The van der Waals surface area contributed by atoms with Gasteiger partial charge in [0.25, 0.3) is 5.91 Å². The Hall–Kier alpha value is -3.44. The van der Waals surface area contributed by atoms with E-state index >= 15 is 0 Å². The van der Waals surface area contributed by atoms with Gasteiger partial charge in [-0.25, -0.2) is 0 Å². The number of aliphatic hydroxyl groups is 3. The van der Waals surface area contributed by atoms with Gasteiger partial charge in [-0.05, 0) is 61.1 Å². The summed E-state index contributed by atoms with van der Waals surface area (Å²) < 4.78 is 10.7. The van der Waals surface area contributed by atoms with Gasteiger partial charge in [-0.1, -0.05) is 5.92 Å². The second-order valence-electron chi connectivity index (χ2n) is 7.17. The average Bonchev–Trinajstić information content (AvgIpc) is 3.29. The van der Waals surface area contributed by atoms with E-state index in [1.807, 2.05) is 6.07 Å². The highest BCUT2D eigenvalue weighted by atomic mass is 16.5. The smallest absolute Gasteiger partial charge is 0.251 e. The number of furan rings is 1. The van der Waals surface area contributed by atoms with Crippen LogP contribution in [0.5, 0.6) is 0 Å². The summed E-state index contributed by atoms with van der Waals surface area (Å²) >= 11 is 0. The number of nitrogens with one attached hydrogen (secondary N) is 2. The van der Waals surface area contributed by atoms with Gasteiger partial charge in [0, 0.05) is 17.7 Å². The zero-order valence-corrected chi connectivity index (χ0v) is 18.8. The lowest BCUT2D eigenvalue weighted by Gasteiger charge is -2.19. The minimum absolute atomic E-state index is 0.00602. The summed E-state index contributed by atoms with van der Waals surface area (Å²) in [6.45, 7) is 2.57. The van der Waals surface area contributed by atoms with E-state index in [-0.39, 0.29) is 12.2 Å². The maximum Gasteiger partial charge on any atom is 0.251 e. The summed E-state index contributed by atoms with van der Waals surface area (Å²) in [5.41, 5.74) is 0.918. The Morgan fingerprint density at radius 2 is 1.79 bits per heavy atom. The molecule has 0 aliphatic rings. The van der Waals surface area contributed by atoms with Crippen molar-refractivity contribution in [3.63, 3.8) is 0 Å². The van der Waals surface area contributed by atoms with Crippen molar-refractivity contribution in [1.82, 2.24) is 10.6 Å². The second kappa shape index (κ2) is 14.7. The molecule has 5 N–H and O–H groups in total. The number of carbonyl (C=O) groups is 2. The van der Waals surface area contributed by atoms with E-state index in [1.165, 1.54) is 19.1 Å². The molecule has 0 unspecified atom stereocenters. The molecule has 0 radical (unpaired) electrons. The molecule has 0 aliphatic heterocycles. The number of amides is 1. The van der Waals surface area contributed by atoms with E-state index in [0.717, 1.165) is 5.76 Å². The Balaban J connectivity index is 1.86. The molecular formula is C25H28N2O7. The first kappa shape index (κ1) is 26.8. The van der Waals surface area contributed by atoms with Gasteiger partial charge in [-0.15, -0.1) is 0 Å². The summed E-state index contributed by atoms with van der Waals surface area (Å²) in [4.78, 5) is 23.9. The summed E-state index contributed by atoms with van der Waals surface area (Å²) in [6.07, 6.45) is -1.13. The number of benzene rings is 1. The SMILES string of the molecule is C[C@H](O)[C@H](NC(=O)c1ccc(C#CC#Cc2ccc(CNCCOCCO)o2)cc1)C(=O)CO. The molecule has 2 atom stereocenters. The van der Waals surface area contributed by atoms with Gasteiger partial charge in [-0.2, -0.15) is 0 Å². The molecule has 9 heteroatoms. The Kier molecular flexibility index (Phi) is 11.6. The van der Waals surface area contributed by atoms with Crippen molar-refractivity contribution in [3.05, 3.63) is 59.0 Å². The van der Waals surface area contributed by atoms with Crippen LogP contribution in [0, 0.1) is 23.7 Å². The monoisotopic (exact) mass is 468 g/mol. The van der Waals surface area contributed by atoms with Gasteiger partial charge >= 0.3 is 0 Å². The third-order valence-corrected chi connectivity index (χ3v) is 4.49. The molecule has 0 fully saturated rings. The van der Waals surface area contributed by atoms with Crippen LogP contribution in [0.2, 0.25) is 0 Å². The minimum Gasteiger partial charge on any atom is -0.451 e. The second-order valence-corrected chi connectivity index (χ2v) is 7.17. The predicted octanol–water partition coefficient (Wildman–Crippen LogP) is -0.178. The van der Waals surface area contributed by atoms with Crippen LogP contribution in [0.25, 0.3) is 0 Å². The Bertz CT molecular complexity index is 1050. The van der Waals surface area contributed by atoms with E-state index in [4.69, 9.17) is 19.4 Å². The molecule has 0 saturated carbocycles. The van der Waals surface area contributed by atoms with Crippen LogP contribution in [-0.4, -0.2) is 72.1 Å². The minimum atomic E-state index is -1.18. The van der Waals surface area contributed by atoms with Crippen LogP contribution in [-0.2, 0) is 16.1 Å². The van der Waals surface area contributed by atoms with Crippen LogP contribution < -0.4 is 10.6 Å². The summed E-state index contributed by atoms with van der Waals surface area (Å²) in [7, 11) is 0. The number of ketones is 1. The molecule has 0 bridgehead atoms. The molecule has 180 valence electrons. The van der Waals surface area contributed by atoms with Crippen LogP contribution in [0.15, 0.2) is 40.8 Å². The van der Waals surface area contributed by atoms with E-state index in [0.29, 0.717) is 37.6 Å². The lowest BCUT2D eigenvalue weighted by atomic mass is 10.1. The van der Waals surface area contributed by atoms with Crippen molar-refractivity contribution < 1.29 is 34.1 Å². The lowest BCUT2D eigenvalue weighted by molar-refractivity contribution is -0.125. The zero-order chi connectivity index (χ0) is 24.8. The van der Waals surface area contributed by atoms with Gasteiger partial charge in [0.05, 0.1) is 32.5 Å². The fraction of sp³-hybridized carbons (Fsp3) is 0.360. The normalized spacial score (nSPS) is 12.0. The first-order valence-corrected chi connectivity index (χ1v) is 10.7. The van der Waals surface area contributed by atoms with Crippen LogP contribution in [0.1, 0.15) is 34.4 Å². The number of hydrogen-bond donors (Lipinski definition) is 5. The highest BCUT2D eigenvalue weighted by Gasteiger charge is 2.25. The number of Topliss-reactive ketones (excluding diaryl/α,β-unsaturated/α-hetero) is 1. The molecule has 9 nitrogen and oxygen atoms in total. The molecule has 1 amide bonds. The van der Waals surface area contributed by atoms with E-state index in [9.17, 15) is 14.7 Å². The van der Waals surface area contributed by atoms with Crippen molar-refractivity contribution in [1.29, 1.82) is 0 Å². The van der Waals surface area contributed by atoms with E-state index < -0.39 is 30.4 Å². The molecular weight excluding hydrogens is 440 g/mol. The number of ether oxygens (including phenoxy) is 1. The summed E-state index contributed by atoms with van der Waals surface area (Å²) in [5, 5.41) is 32.8. The molecule has 0 saturated heterocycles. The first-order valence-electron chi connectivity index (χ1n) is 10.7. The standard InChI is InChI=1S/C25H28N2O7/c1-18(30)24(23(31)17-29)27-25(32)20-8-6-19(7-9-20)4-2-3-5-21-10-11-22(34-21)16-26-12-14-33-15-13-28/h6-11,18,24,26,28-30H,12-17H2,1H3,(H,27,32)/t18-,24-/m0/s1. The molecule has 1 aromatic carbocycles. The number of rotatable bonds is 12. The quantitative estimate of drug-likeness (QED) is 0.213. The fourth-order valence-electron chi connectivity index (χ4n) is 2.76. The van der Waals surface area contributed by atoms with E-state index in [2.05, 4.69) is 34.3 Å². The van der Waals surface area contributed by atoms with Crippen LogP contribution in [0.4, 0.5) is 0 Å². The third-order valence-electron chi connectivity index (χ3n) is 4.49. The molecule has 34 heavy (non-hydrogen) atoms. The number of hydrogen-bond acceptors (Lipinski definition) is 8. The average molecular weight is 469 g/mol. The van der Waals surface area contributed by atoms with Gasteiger partial charge in [0.15, 0.2) is 11.5 Å². The summed E-state index contributed by atoms with van der Waals surface area (Å²) in [6, 6.07) is 8.73. The van der Waals surface area contributed by atoms with Crippen LogP contribution in [0.3, 0.4) is 0 Å². The molecule has 0 spiro atoms. The van der Waals surface area contributed by atoms with Gasteiger partial charge in [0.1, 0.15) is 18.4 Å². The van der Waals surface area contributed by atoms with Crippen molar-refractivity contribution in [2.24, 2.45) is 0 Å². The van der Waals surface area contributed by atoms with Gasteiger partial charge in [-0.3, -0.25) is 9.59 Å². The van der Waals surface area contributed by atoms with Crippen LogP contribution >= 0.6 is 0 Å². The fourth-order valence-corrected chi connectivity index (χ4v) is 2.76. The predicted molar refractivity (Wildman–Crippen MR) is 124 cm³/mol. The summed E-state index contributed by atoms with van der Waals surface area (Å²) in [5.74, 6) is 11.1. The highest BCUT2D eigenvalue weighted by Crippen LogP contribution is 2.07. The van der Waals surface area contributed by atoms with Crippen molar-refractivity contribution in [3.8, 4) is 23.7 Å². The Morgan fingerprint density at radius 1 is 1.06 bits per heavy atom. The van der Waals surface area contributed by atoms with Gasteiger partial charge in [0.2, 0.25) is 0 Å². The largest absolute Gasteiger partial charge is 0.451 e. The Labute approximate surface area is 198 Å². The number of aliphatic hydroxyl groups excluding tert-OH is 3. The maximum absolute atomic E-state index is 12.3. The zero-order valence-electron chi connectivity index (χ0n) is 18.8. The van der Waals surface area contributed by atoms with E-state index in [1.54, 1.807) is 18.2 Å². The first-order chi connectivity index (χ1) is 16.4. The highest BCUT2D eigenvalue weighted by molar-refractivity contribution is 5.98. The molecule has 1 heterocycles. The number of carbonyl (C=O) groups excluding carboxylic acids is 2. The maximum atomic E-state index is 12.3. The lowest BCUT2D eigenvalue weighted by Crippen LogP contribution is -2.48. The topological polar surface area (TPSA) is 141 Å². The van der Waals surface area contributed by atoms with Crippen molar-refractivity contribution >= 4 is 11.7 Å². The van der Waals surface area contributed by atoms with Crippen molar-refractivity contribution in [2.45, 2.75) is 25.6 Å². The van der Waals surface area contributed by atoms with Crippen molar-refractivity contribution in [2.75, 3.05) is 33.0 Å². The molecule has 2 aromatic rings. The Morgan fingerprint density at radius 3 is 2.47 bits per heavy atom. The van der Waals surface area contributed by atoms with Gasteiger partial charge < -0.3 is 35.1 Å².